The van der Waals surface area contributed by atoms with Crippen LogP contribution in [0.15, 0.2) is 42.5 Å². The maximum atomic E-state index is 12.5. The minimum absolute atomic E-state index is 0.0112. The van der Waals surface area contributed by atoms with Gasteiger partial charge in [0.25, 0.3) is 0 Å². The van der Waals surface area contributed by atoms with E-state index < -0.39 is 0 Å². The summed E-state index contributed by atoms with van der Waals surface area (Å²) in [5, 5.41) is 12.5. The molecular weight excluding hydrogens is 466 g/mol. The lowest BCUT2D eigenvalue weighted by Gasteiger charge is -2.22. The van der Waals surface area contributed by atoms with E-state index in [0.29, 0.717) is 35.9 Å². The molecule has 4 rings (SSSR count). The number of aryl methyl sites for hydroxylation is 1. The highest BCUT2D eigenvalue weighted by molar-refractivity contribution is 6.33. The Morgan fingerprint density at radius 3 is 2.63 bits per heavy atom. The number of ether oxygens (including phenoxy) is 2. The molecule has 1 aliphatic rings. The van der Waals surface area contributed by atoms with Gasteiger partial charge in [0.05, 0.1) is 25.3 Å². The Kier molecular flexibility index (Phi) is 8.25. The molecule has 0 fully saturated rings. The standard InChI is InChI=1S/C26H32ClN5O3/c1-18(28-23(33)12-9-19-7-5-4-6-8-19)26-30-29-22-13-14-31(15-16-32(22)26)17-20-10-11-21(34-2)25(35-3)24(20)27/h4-8,10-11,18H,9,12-17H2,1-3H3,(H,28,33)/t18-/m0/s1. The molecular formula is C26H32ClN5O3. The van der Waals surface area contributed by atoms with Crippen LogP contribution in [-0.2, 0) is 30.7 Å². The van der Waals surface area contributed by atoms with Gasteiger partial charge >= 0.3 is 0 Å². The highest BCUT2D eigenvalue weighted by Crippen LogP contribution is 2.37. The lowest BCUT2D eigenvalue weighted by molar-refractivity contribution is -0.121. The first-order valence-corrected chi connectivity index (χ1v) is 12.2. The number of amides is 1. The molecule has 9 heteroatoms. The largest absolute Gasteiger partial charge is 0.493 e. The number of methoxy groups -OCH3 is 2. The number of carbonyl (C=O) groups is 1. The van der Waals surface area contributed by atoms with Crippen LogP contribution in [0.2, 0.25) is 5.02 Å². The normalized spacial score (nSPS) is 14.6. The van der Waals surface area contributed by atoms with Gasteiger partial charge in [0.2, 0.25) is 5.91 Å². The van der Waals surface area contributed by atoms with Crippen molar-refractivity contribution < 1.29 is 14.3 Å². The zero-order valence-corrected chi connectivity index (χ0v) is 21.2. The number of fused-ring (bicyclic) bond motifs is 1. The Balaban J connectivity index is 1.36. The fourth-order valence-electron chi connectivity index (χ4n) is 4.44. The molecule has 1 aliphatic heterocycles. The second kappa shape index (κ2) is 11.6. The number of nitrogens with zero attached hydrogens (tertiary/aromatic N) is 4. The molecule has 0 radical (unpaired) electrons. The molecule has 0 unspecified atom stereocenters. The van der Waals surface area contributed by atoms with Crippen molar-refractivity contribution in [2.45, 2.75) is 45.3 Å². The quantitative estimate of drug-likeness (QED) is 0.484. The zero-order chi connectivity index (χ0) is 24.8. The van der Waals surface area contributed by atoms with E-state index in [1.54, 1.807) is 14.2 Å². The van der Waals surface area contributed by atoms with Crippen molar-refractivity contribution in [1.29, 1.82) is 0 Å². The highest BCUT2D eigenvalue weighted by atomic mass is 35.5. The molecule has 1 atom stereocenters. The fraction of sp³-hybridized carbons (Fsp3) is 0.423. The van der Waals surface area contributed by atoms with Crippen molar-refractivity contribution in [3.8, 4) is 11.5 Å². The lowest BCUT2D eigenvalue weighted by Crippen LogP contribution is -2.30. The third-order valence-corrected chi connectivity index (χ3v) is 6.77. The number of halogens is 1. The topological polar surface area (TPSA) is 81.5 Å². The van der Waals surface area contributed by atoms with E-state index in [9.17, 15) is 4.79 Å². The Morgan fingerprint density at radius 2 is 1.89 bits per heavy atom. The Hall–Kier alpha value is -3.10. The molecule has 1 aromatic heterocycles. The Labute approximate surface area is 211 Å². The summed E-state index contributed by atoms with van der Waals surface area (Å²) in [5.74, 6) is 2.91. The minimum Gasteiger partial charge on any atom is -0.493 e. The molecule has 0 bridgehead atoms. The number of nitrogens with one attached hydrogen (secondary N) is 1. The van der Waals surface area contributed by atoms with Gasteiger partial charge in [-0.15, -0.1) is 10.2 Å². The van der Waals surface area contributed by atoms with E-state index in [2.05, 4.69) is 25.0 Å². The number of hydrogen-bond donors (Lipinski definition) is 1. The molecule has 0 saturated heterocycles. The summed E-state index contributed by atoms with van der Waals surface area (Å²) in [5.41, 5.74) is 2.14. The molecule has 0 saturated carbocycles. The molecule has 186 valence electrons. The van der Waals surface area contributed by atoms with Crippen LogP contribution in [0, 0.1) is 0 Å². The van der Waals surface area contributed by atoms with Gasteiger partial charge in [-0.25, -0.2) is 0 Å². The molecule has 3 aromatic rings. The van der Waals surface area contributed by atoms with Crippen molar-refractivity contribution in [1.82, 2.24) is 25.0 Å². The van der Waals surface area contributed by atoms with Crippen LogP contribution in [0.5, 0.6) is 11.5 Å². The van der Waals surface area contributed by atoms with Crippen LogP contribution in [0.1, 0.15) is 42.2 Å². The predicted molar refractivity (Wildman–Crippen MR) is 135 cm³/mol. The van der Waals surface area contributed by atoms with E-state index in [1.165, 1.54) is 0 Å². The SMILES string of the molecule is COc1ccc(CN2CCc3nnc([C@H](C)NC(=O)CCc4ccccc4)n3CC2)c(Cl)c1OC. The first kappa shape index (κ1) is 25.0. The van der Waals surface area contributed by atoms with Gasteiger partial charge in [-0.2, -0.15) is 0 Å². The third-order valence-electron chi connectivity index (χ3n) is 6.35. The Bertz CT molecular complexity index is 1150. The van der Waals surface area contributed by atoms with Crippen LogP contribution in [0.4, 0.5) is 0 Å². The summed E-state index contributed by atoms with van der Waals surface area (Å²) in [6.07, 6.45) is 1.92. The van der Waals surface area contributed by atoms with E-state index in [4.69, 9.17) is 21.1 Å². The fourth-order valence-corrected chi connectivity index (χ4v) is 4.73. The van der Waals surface area contributed by atoms with E-state index in [0.717, 1.165) is 48.8 Å². The first-order chi connectivity index (χ1) is 17.0. The summed E-state index contributed by atoms with van der Waals surface area (Å²) in [6.45, 7) is 5.05. The molecule has 2 heterocycles. The van der Waals surface area contributed by atoms with Crippen molar-refractivity contribution in [2.75, 3.05) is 27.3 Å². The Morgan fingerprint density at radius 1 is 1.09 bits per heavy atom. The van der Waals surface area contributed by atoms with E-state index in [-0.39, 0.29) is 11.9 Å². The summed E-state index contributed by atoms with van der Waals surface area (Å²) >= 11 is 6.60. The van der Waals surface area contributed by atoms with Crippen LogP contribution in [0.3, 0.4) is 0 Å². The smallest absolute Gasteiger partial charge is 0.220 e. The van der Waals surface area contributed by atoms with Crippen molar-refractivity contribution in [3.63, 3.8) is 0 Å². The molecule has 0 spiro atoms. The van der Waals surface area contributed by atoms with Gasteiger partial charge in [-0.3, -0.25) is 9.69 Å². The summed E-state index contributed by atoms with van der Waals surface area (Å²) < 4.78 is 12.9. The molecule has 8 nitrogen and oxygen atoms in total. The summed E-state index contributed by atoms with van der Waals surface area (Å²) in [4.78, 5) is 14.9. The van der Waals surface area contributed by atoms with Gasteiger partial charge in [-0.1, -0.05) is 48.0 Å². The molecule has 1 N–H and O–H groups in total. The zero-order valence-electron chi connectivity index (χ0n) is 20.5. The number of aromatic nitrogens is 3. The first-order valence-electron chi connectivity index (χ1n) is 11.9. The molecule has 1 amide bonds. The predicted octanol–water partition coefficient (Wildman–Crippen LogP) is 3.82. The van der Waals surface area contributed by atoms with Crippen LogP contribution < -0.4 is 14.8 Å². The summed E-state index contributed by atoms with van der Waals surface area (Å²) in [7, 11) is 3.19. The van der Waals surface area contributed by atoms with Crippen molar-refractivity contribution >= 4 is 17.5 Å². The number of benzene rings is 2. The van der Waals surface area contributed by atoms with E-state index >= 15 is 0 Å². The van der Waals surface area contributed by atoms with Gasteiger partial charge in [0, 0.05) is 39.0 Å². The average molecular weight is 498 g/mol. The molecule has 35 heavy (non-hydrogen) atoms. The number of carbonyl (C=O) groups excluding carboxylic acids is 1. The summed E-state index contributed by atoms with van der Waals surface area (Å²) in [6, 6.07) is 13.7. The average Bonchev–Trinajstić information content (AvgIpc) is 3.18. The van der Waals surface area contributed by atoms with Crippen molar-refractivity contribution in [3.05, 3.63) is 70.3 Å². The van der Waals surface area contributed by atoms with Crippen LogP contribution in [0.25, 0.3) is 0 Å². The second-order valence-corrected chi connectivity index (χ2v) is 9.08. The third kappa shape index (κ3) is 5.94. The minimum atomic E-state index is -0.216. The molecule has 0 aliphatic carbocycles. The van der Waals surface area contributed by atoms with Crippen LogP contribution in [-0.4, -0.2) is 52.9 Å². The number of hydrogen-bond acceptors (Lipinski definition) is 6. The maximum absolute atomic E-state index is 12.5. The highest BCUT2D eigenvalue weighted by Gasteiger charge is 2.24. The molecule has 2 aromatic carbocycles. The van der Waals surface area contributed by atoms with Gasteiger partial charge in [0.15, 0.2) is 17.3 Å². The monoisotopic (exact) mass is 497 g/mol. The van der Waals surface area contributed by atoms with E-state index in [1.807, 2.05) is 49.4 Å². The van der Waals surface area contributed by atoms with Crippen LogP contribution >= 0.6 is 11.6 Å². The van der Waals surface area contributed by atoms with Gasteiger partial charge < -0.3 is 19.4 Å². The van der Waals surface area contributed by atoms with Gasteiger partial charge in [-0.05, 0) is 30.5 Å². The number of rotatable bonds is 9. The second-order valence-electron chi connectivity index (χ2n) is 8.70. The maximum Gasteiger partial charge on any atom is 0.220 e. The van der Waals surface area contributed by atoms with Gasteiger partial charge in [0.1, 0.15) is 5.82 Å². The lowest BCUT2D eigenvalue weighted by atomic mass is 10.1. The van der Waals surface area contributed by atoms with Crippen molar-refractivity contribution in [2.24, 2.45) is 0 Å².